The zero-order chi connectivity index (χ0) is 13.5. The highest BCUT2D eigenvalue weighted by Crippen LogP contribution is 2.04. The molecule has 0 heterocycles. The fourth-order valence-electron chi connectivity index (χ4n) is 1.70. The Morgan fingerprint density at radius 2 is 1.83 bits per heavy atom. The third kappa shape index (κ3) is 4.99. The highest BCUT2D eigenvalue weighted by atomic mass is 16.2. The Labute approximate surface area is 108 Å². The van der Waals surface area contributed by atoms with Crippen LogP contribution in [0, 0.1) is 5.92 Å². The van der Waals surface area contributed by atoms with Gasteiger partial charge < -0.3 is 11.1 Å². The molecule has 4 nitrogen and oxygen atoms in total. The number of rotatable bonds is 6. The zero-order valence-electron chi connectivity index (χ0n) is 10.8. The highest BCUT2D eigenvalue weighted by Gasteiger charge is 2.18. The molecule has 0 saturated carbocycles. The van der Waals surface area contributed by atoms with Crippen molar-refractivity contribution in [2.24, 2.45) is 11.7 Å². The summed E-state index contributed by atoms with van der Waals surface area (Å²) < 4.78 is 0. The third-order valence-corrected chi connectivity index (χ3v) is 2.55. The van der Waals surface area contributed by atoms with Gasteiger partial charge in [-0.25, -0.2) is 0 Å². The van der Waals surface area contributed by atoms with E-state index in [9.17, 15) is 9.59 Å². The maximum absolute atomic E-state index is 11.6. The van der Waals surface area contributed by atoms with Crippen LogP contribution < -0.4 is 11.1 Å². The van der Waals surface area contributed by atoms with E-state index in [1.165, 1.54) is 0 Å². The molecule has 0 radical (unpaired) electrons. The monoisotopic (exact) mass is 248 g/mol. The van der Waals surface area contributed by atoms with Gasteiger partial charge in [-0.2, -0.15) is 0 Å². The summed E-state index contributed by atoms with van der Waals surface area (Å²) >= 11 is 0. The molecule has 18 heavy (non-hydrogen) atoms. The molecule has 0 aliphatic heterocycles. The fraction of sp³-hybridized carbons (Fsp3) is 0.429. The normalized spacial score (nSPS) is 12.2. The van der Waals surface area contributed by atoms with E-state index in [1.807, 2.05) is 44.2 Å². The summed E-state index contributed by atoms with van der Waals surface area (Å²) in [5.41, 5.74) is 6.29. The van der Waals surface area contributed by atoms with Gasteiger partial charge in [-0.3, -0.25) is 9.59 Å². The van der Waals surface area contributed by atoms with E-state index < -0.39 is 11.9 Å². The Kier molecular flexibility index (Phi) is 5.36. The van der Waals surface area contributed by atoms with E-state index >= 15 is 0 Å². The quantitative estimate of drug-likeness (QED) is 0.795. The number of primary amides is 1. The van der Waals surface area contributed by atoms with Crippen LogP contribution in [0.15, 0.2) is 30.3 Å². The minimum Gasteiger partial charge on any atom is -0.368 e. The topological polar surface area (TPSA) is 72.2 Å². The third-order valence-electron chi connectivity index (χ3n) is 2.55. The smallest absolute Gasteiger partial charge is 0.240 e. The van der Waals surface area contributed by atoms with Crippen LogP contribution in [-0.4, -0.2) is 17.9 Å². The second kappa shape index (κ2) is 6.79. The summed E-state index contributed by atoms with van der Waals surface area (Å²) in [5.74, 6) is -0.379. The van der Waals surface area contributed by atoms with Gasteiger partial charge in [0.2, 0.25) is 11.8 Å². The summed E-state index contributed by atoms with van der Waals surface area (Å²) in [5, 5.41) is 2.68. The lowest BCUT2D eigenvalue weighted by Crippen LogP contribution is -2.46. The average molecular weight is 248 g/mol. The van der Waals surface area contributed by atoms with Gasteiger partial charge >= 0.3 is 0 Å². The van der Waals surface area contributed by atoms with Crippen molar-refractivity contribution >= 4 is 11.8 Å². The van der Waals surface area contributed by atoms with Crippen LogP contribution in [-0.2, 0) is 16.0 Å². The van der Waals surface area contributed by atoms with Gasteiger partial charge in [-0.05, 0) is 11.5 Å². The van der Waals surface area contributed by atoms with Crippen molar-refractivity contribution in [1.82, 2.24) is 5.32 Å². The van der Waals surface area contributed by atoms with E-state index in [1.54, 1.807) is 0 Å². The Hall–Kier alpha value is -1.84. The molecule has 98 valence electrons. The second-order valence-corrected chi connectivity index (χ2v) is 4.81. The van der Waals surface area contributed by atoms with Gasteiger partial charge in [-0.15, -0.1) is 0 Å². The number of nitrogens with two attached hydrogens (primary N) is 1. The number of hydrogen-bond acceptors (Lipinski definition) is 2. The van der Waals surface area contributed by atoms with Gasteiger partial charge in [0.05, 0.1) is 0 Å². The standard InChI is InChI=1S/C14H20N2O2/c1-10(2)8-13(17)16-12(14(15)18)9-11-6-4-3-5-7-11/h3-7,10,12H,8-9H2,1-2H3,(H2,15,18)(H,16,17)/t12-/m1/s1. The summed E-state index contributed by atoms with van der Waals surface area (Å²) in [6.07, 6.45) is 0.832. The lowest BCUT2D eigenvalue weighted by molar-refractivity contribution is -0.127. The summed E-state index contributed by atoms with van der Waals surface area (Å²) in [6.45, 7) is 3.91. The van der Waals surface area contributed by atoms with Gasteiger partial charge in [0.1, 0.15) is 6.04 Å². The number of hydrogen-bond donors (Lipinski definition) is 2. The highest BCUT2D eigenvalue weighted by molar-refractivity contribution is 5.86. The van der Waals surface area contributed by atoms with Crippen molar-refractivity contribution in [2.75, 3.05) is 0 Å². The fourth-order valence-corrected chi connectivity index (χ4v) is 1.70. The molecule has 0 unspecified atom stereocenters. The molecule has 3 N–H and O–H groups in total. The summed E-state index contributed by atoms with van der Waals surface area (Å²) in [4.78, 5) is 23.0. The Balaban J connectivity index is 2.61. The first-order valence-electron chi connectivity index (χ1n) is 6.11. The van der Waals surface area contributed by atoms with E-state index in [-0.39, 0.29) is 11.8 Å². The molecule has 0 aromatic heterocycles. The summed E-state index contributed by atoms with van der Waals surface area (Å²) in [7, 11) is 0. The Morgan fingerprint density at radius 1 is 1.22 bits per heavy atom. The van der Waals surface area contributed by atoms with E-state index in [2.05, 4.69) is 5.32 Å². The van der Waals surface area contributed by atoms with E-state index in [4.69, 9.17) is 5.73 Å². The lowest BCUT2D eigenvalue weighted by atomic mass is 10.0. The molecule has 1 aromatic carbocycles. The molecular formula is C14H20N2O2. The van der Waals surface area contributed by atoms with Gasteiger partial charge in [0, 0.05) is 12.8 Å². The molecule has 1 rings (SSSR count). The predicted molar refractivity (Wildman–Crippen MR) is 70.7 cm³/mol. The number of benzene rings is 1. The second-order valence-electron chi connectivity index (χ2n) is 4.81. The SMILES string of the molecule is CC(C)CC(=O)N[C@H](Cc1ccccc1)C(N)=O. The molecule has 4 heteroatoms. The maximum Gasteiger partial charge on any atom is 0.240 e. The number of nitrogens with one attached hydrogen (secondary N) is 1. The Bertz CT molecular complexity index is 402. The van der Waals surface area contributed by atoms with Crippen molar-refractivity contribution in [1.29, 1.82) is 0 Å². The van der Waals surface area contributed by atoms with Crippen LogP contribution >= 0.6 is 0 Å². The summed E-state index contributed by atoms with van der Waals surface area (Å²) in [6, 6.07) is 8.86. The van der Waals surface area contributed by atoms with Crippen LogP contribution in [0.2, 0.25) is 0 Å². The predicted octanol–water partition coefficient (Wildman–Crippen LogP) is 1.25. The van der Waals surface area contributed by atoms with Crippen LogP contribution in [0.3, 0.4) is 0 Å². The van der Waals surface area contributed by atoms with Crippen molar-refractivity contribution in [2.45, 2.75) is 32.7 Å². The molecule has 0 aliphatic rings. The van der Waals surface area contributed by atoms with Crippen molar-refractivity contribution in [3.05, 3.63) is 35.9 Å². The van der Waals surface area contributed by atoms with Crippen LogP contribution in [0.25, 0.3) is 0 Å². The first-order valence-corrected chi connectivity index (χ1v) is 6.11. The van der Waals surface area contributed by atoms with E-state index in [0.29, 0.717) is 12.8 Å². The van der Waals surface area contributed by atoms with Gasteiger partial charge in [-0.1, -0.05) is 44.2 Å². The average Bonchev–Trinajstić information content (AvgIpc) is 2.28. The van der Waals surface area contributed by atoms with Gasteiger partial charge in [0.15, 0.2) is 0 Å². The number of carbonyl (C=O) groups is 2. The minimum atomic E-state index is -0.640. The first kappa shape index (κ1) is 14.2. The van der Waals surface area contributed by atoms with Crippen LogP contribution in [0.1, 0.15) is 25.8 Å². The molecule has 2 amide bonds. The van der Waals surface area contributed by atoms with Crippen LogP contribution in [0.5, 0.6) is 0 Å². The molecular weight excluding hydrogens is 228 g/mol. The van der Waals surface area contributed by atoms with Crippen molar-refractivity contribution in [3.63, 3.8) is 0 Å². The van der Waals surface area contributed by atoms with Crippen molar-refractivity contribution < 1.29 is 9.59 Å². The largest absolute Gasteiger partial charge is 0.368 e. The molecule has 0 aliphatic carbocycles. The maximum atomic E-state index is 11.6. The Morgan fingerprint density at radius 3 is 2.33 bits per heavy atom. The molecule has 0 spiro atoms. The minimum absolute atomic E-state index is 0.135. The number of carbonyl (C=O) groups excluding carboxylic acids is 2. The zero-order valence-corrected chi connectivity index (χ0v) is 10.8. The van der Waals surface area contributed by atoms with E-state index in [0.717, 1.165) is 5.56 Å². The van der Waals surface area contributed by atoms with Crippen LogP contribution in [0.4, 0.5) is 0 Å². The molecule has 1 aromatic rings. The molecule has 0 bridgehead atoms. The van der Waals surface area contributed by atoms with Crippen molar-refractivity contribution in [3.8, 4) is 0 Å². The molecule has 0 saturated heterocycles. The number of amides is 2. The lowest BCUT2D eigenvalue weighted by Gasteiger charge is -2.16. The first-order chi connectivity index (χ1) is 8.49. The van der Waals surface area contributed by atoms with Gasteiger partial charge in [0.25, 0.3) is 0 Å². The molecule has 1 atom stereocenters. The molecule has 0 fully saturated rings.